The number of hydrogen-bond acceptors (Lipinski definition) is 4. The second kappa shape index (κ2) is 21.5. The highest BCUT2D eigenvalue weighted by Gasteiger charge is 2.54. The molecule has 24 rings (SSSR count). The van der Waals surface area contributed by atoms with E-state index >= 15 is 0 Å². The molecule has 0 atom stereocenters. The van der Waals surface area contributed by atoms with Gasteiger partial charge in [0, 0.05) is 21.9 Å². The first-order chi connectivity index (χ1) is 51.5. The zero-order valence-electron chi connectivity index (χ0n) is 56.2. The Labute approximate surface area is 598 Å². The van der Waals surface area contributed by atoms with Crippen LogP contribution in [0.1, 0.15) is 44.5 Å². The van der Waals surface area contributed by atoms with Crippen molar-refractivity contribution in [1.82, 2.24) is 9.97 Å². The molecule has 0 radical (unpaired) electrons. The van der Waals surface area contributed by atoms with E-state index in [2.05, 4.69) is 291 Å². The summed E-state index contributed by atoms with van der Waals surface area (Å²) in [6, 6.07) is 129. The van der Waals surface area contributed by atoms with Crippen LogP contribution >= 0.6 is 0 Å². The van der Waals surface area contributed by atoms with Crippen LogP contribution in [0.15, 0.2) is 361 Å². The lowest BCUT2D eigenvalue weighted by molar-refractivity contribution is 0.623. The molecule has 0 amide bonds. The van der Waals surface area contributed by atoms with Crippen LogP contribution in [-0.2, 0) is 10.8 Å². The quantitative estimate of drug-likeness (QED) is 0.165. The molecule has 2 heterocycles. The summed E-state index contributed by atoms with van der Waals surface area (Å²) in [4.78, 5) is 9.75. The van der Waals surface area contributed by atoms with Crippen molar-refractivity contribution < 1.29 is 8.83 Å². The molecule has 18 aromatic carbocycles. The molecule has 480 valence electrons. The second-order valence-electron chi connectivity index (χ2n) is 28.5. The third kappa shape index (κ3) is 7.86. The highest BCUT2D eigenvalue weighted by Crippen LogP contribution is 2.66. The normalized spacial score (nSPS) is 13.5. The first-order valence-electron chi connectivity index (χ1n) is 35.9. The highest BCUT2D eigenvalue weighted by molar-refractivity contribution is 6.20. The molecule has 4 nitrogen and oxygen atoms in total. The first-order valence-corrected chi connectivity index (χ1v) is 35.9. The van der Waals surface area contributed by atoms with Crippen LogP contribution in [0, 0.1) is 0 Å². The topological polar surface area (TPSA) is 52.1 Å². The number of rotatable bonds is 4. The molecule has 4 aliphatic rings. The fraction of sp³-hybridized carbons (Fsp3) is 0.0200. The van der Waals surface area contributed by atoms with Gasteiger partial charge in [-0.3, -0.25) is 0 Å². The van der Waals surface area contributed by atoms with Crippen LogP contribution in [-0.4, -0.2) is 9.97 Å². The maximum Gasteiger partial charge on any atom is 0.227 e. The Kier molecular flexibility index (Phi) is 11.8. The standard InChI is InChI=1S/2C50H29NO/c1-2-11-32(12-3-1)49-51-45-27-23-31-18-19-35-28-33(21-24-36(35)46(31)48(45)52-49)34-22-25-40-41-26-20-30-10-4-5-13-37(30)47(41)50(44(40)29-34)42-16-8-6-14-38(42)39-15-7-9-17-43(39)50;1-2-10-31(11-3-1)49-51-46-25-22-30-18-19-36-26-34(20-23-37(36)47(30)48(46)52-49)35-21-24-40-41-27-32-12-4-5-13-33(32)28-45(41)50(44(40)29-35)42-16-8-6-14-38(42)39-15-7-9-17-43(39)50/h2*1-29H. The number of hydrogen-bond donors (Lipinski definition) is 0. The summed E-state index contributed by atoms with van der Waals surface area (Å²) in [5, 5.41) is 14.3. The Morgan fingerprint density at radius 1 is 0.202 bits per heavy atom. The van der Waals surface area contributed by atoms with Gasteiger partial charge in [-0.1, -0.05) is 279 Å². The lowest BCUT2D eigenvalue weighted by atomic mass is 9.69. The van der Waals surface area contributed by atoms with Gasteiger partial charge >= 0.3 is 0 Å². The smallest absolute Gasteiger partial charge is 0.227 e. The Morgan fingerprint density at radius 2 is 0.567 bits per heavy atom. The molecule has 4 aliphatic carbocycles. The number of fused-ring (bicyclic) bond motifs is 33. The SMILES string of the molecule is c1ccc(-c2nc3ccc4ccc5cc(-c6ccc7c(c6)C6(c8ccccc8-c8ccccc86)c6c-7ccc7ccccc67)ccc5c4c3o2)cc1.c1ccc(-c2nc3ccc4ccc5cc(-c6ccc7c(c6)C6(c8ccccc8-c8ccccc86)c6cc8ccccc8cc6-7)ccc5c4c3o2)cc1. The summed E-state index contributed by atoms with van der Waals surface area (Å²) >= 11 is 0. The molecule has 0 N–H and O–H groups in total. The van der Waals surface area contributed by atoms with E-state index in [1.807, 2.05) is 60.7 Å². The molecule has 2 spiro atoms. The van der Waals surface area contributed by atoms with E-state index in [0.717, 1.165) is 65.6 Å². The minimum atomic E-state index is -0.421. The van der Waals surface area contributed by atoms with Crippen molar-refractivity contribution >= 4 is 86.8 Å². The molecule has 0 bridgehead atoms. The van der Waals surface area contributed by atoms with Crippen LogP contribution in [0.3, 0.4) is 0 Å². The van der Waals surface area contributed by atoms with Crippen LogP contribution in [0.25, 0.3) is 177 Å². The van der Waals surface area contributed by atoms with E-state index in [9.17, 15) is 0 Å². The van der Waals surface area contributed by atoms with Gasteiger partial charge in [0.25, 0.3) is 0 Å². The molecular formula is C100H58N2O2. The summed E-state index contributed by atoms with van der Waals surface area (Å²) in [7, 11) is 0. The van der Waals surface area contributed by atoms with E-state index in [-0.39, 0.29) is 0 Å². The Hall–Kier alpha value is -13.5. The van der Waals surface area contributed by atoms with Gasteiger partial charge in [-0.15, -0.1) is 0 Å². The molecule has 0 saturated carbocycles. The predicted octanol–water partition coefficient (Wildman–Crippen LogP) is 25.9. The number of nitrogens with zero attached hydrogens (tertiary/aromatic N) is 2. The van der Waals surface area contributed by atoms with Gasteiger partial charge in [-0.2, -0.15) is 0 Å². The second-order valence-corrected chi connectivity index (χ2v) is 28.5. The van der Waals surface area contributed by atoms with E-state index < -0.39 is 10.8 Å². The Bertz CT molecular complexity index is 7010. The fourth-order valence-electron chi connectivity index (χ4n) is 18.9. The Balaban J connectivity index is 0.000000127. The molecule has 104 heavy (non-hydrogen) atoms. The van der Waals surface area contributed by atoms with Gasteiger partial charge in [0.2, 0.25) is 11.8 Å². The van der Waals surface area contributed by atoms with Gasteiger partial charge < -0.3 is 8.83 Å². The minimum Gasteiger partial charge on any atom is -0.435 e. The van der Waals surface area contributed by atoms with E-state index in [4.69, 9.17) is 18.8 Å². The van der Waals surface area contributed by atoms with E-state index in [1.54, 1.807) is 0 Å². The third-order valence-corrected chi connectivity index (χ3v) is 23.3. The van der Waals surface area contributed by atoms with Gasteiger partial charge in [0.05, 0.1) is 10.8 Å². The van der Waals surface area contributed by atoms with Crippen LogP contribution < -0.4 is 0 Å². The Morgan fingerprint density at radius 3 is 1.10 bits per heavy atom. The maximum absolute atomic E-state index is 6.50. The van der Waals surface area contributed by atoms with Gasteiger partial charge in [0.1, 0.15) is 11.0 Å². The average molecular weight is 1320 g/mol. The average Bonchev–Trinajstić information content (AvgIpc) is 1.52. The van der Waals surface area contributed by atoms with E-state index in [0.29, 0.717) is 11.8 Å². The van der Waals surface area contributed by atoms with Gasteiger partial charge in [0.15, 0.2) is 11.2 Å². The third-order valence-electron chi connectivity index (χ3n) is 23.3. The predicted molar refractivity (Wildman–Crippen MR) is 427 cm³/mol. The van der Waals surface area contributed by atoms with Gasteiger partial charge in [-0.05, 0) is 238 Å². The summed E-state index contributed by atoms with van der Waals surface area (Å²) in [5.41, 5.74) is 30.8. The highest BCUT2D eigenvalue weighted by atomic mass is 16.4. The van der Waals surface area contributed by atoms with Crippen molar-refractivity contribution in [1.29, 1.82) is 0 Å². The molecule has 4 heteroatoms. The van der Waals surface area contributed by atoms with Crippen molar-refractivity contribution in [2.24, 2.45) is 0 Å². The number of aromatic nitrogens is 2. The van der Waals surface area contributed by atoms with Crippen molar-refractivity contribution in [2.75, 3.05) is 0 Å². The summed E-state index contributed by atoms with van der Waals surface area (Å²) in [6.45, 7) is 0. The lowest BCUT2D eigenvalue weighted by Crippen LogP contribution is -2.26. The lowest BCUT2D eigenvalue weighted by Gasteiger charge is -2.31. The largest absolute Gasteiger partial charge is 0.435 e. The molecule has 20 aromatic rings. The molecule has 0 fully saturated rings. The maximum atomic E-state index is 6.50. The van der Waals surface area contributed by atoms with Crippen LogP contribution in [0.4, 0.5) is 0 Å². The summed E-state index contributed by atoms with van der Waals surface area (Å²) in [6.07, 6.45) is 0. The minimum absolute atomic E-state index is 0.403. The first kappa shape index (κ1) is 57.2. The van der Waals surface area contributed by atoms with E-state index in [1.165, 1.54) is 144 Å². The van der Waals surface area contributed by atoms with Crippen LogP contribution in [0.5, 0.6) is 0 Å². The van der Waals surface area contributed by atoms with Gasteiger partial charge in [-0.25, -0.2) is 9.97 Å². The molecule has 2 aromatic heterocycles. The molecule has 0 unspecified atom stereocenters. The zero-order chi connectivity index (χ0) is 67.9. The molecule has 0 aliphatic heterocycles. The van der Waals surface area contributed by atoms with Crippen LogP contribution in [0.2, 0.25) is 0 Å². The van der Waals surface area contributed by atoms with Crippen molar-refractivity contribution in [2.45, 2.75) is 10.8 Å². The summed E-state index contributed by atoms with van der Waals surface area (Å²) in [5.74, 6) is 1.29. The number of benzene rings is 18. The monoisotopic (exact) mass is 1320 g/mol. The zero-order valence-corrected chi connectivity index (χ0v) is 56.2. The molecule has 0 saturated heterocycles. The molecular weight excluding hydrogens is 1260 g/mol. The van der Waals surface area contributed by atoms with Crippen molar-refractivity contribution in [3.8, 4) is 89.7 Å². The van der Waals surface area contributed by atoms with Crippen molar-refractivity contribution in [3.63, 3.8) is 0 Å². The van der Waals surface area contributed by atoms with Crippen molar-refractivity contribution in [3.05, 3.63) is 396 Å². The number of oxazole rings is 2. The fourth-order valence-corrected chi connectivity index (χ4v) is 18.9. The summed E-state index contributed by atoms with van der Waals surface area (Å²) < 4.78 is 13.0.